The zero-order valence-corrected chi connectivity index (χ0v) is 13.8. The number of hydrogen-bond acceptors (Lipinski definition) is 5. The highest BCUT2D eigenvalue weighted by molar-refractivity contribution is 7.99. The molecule has 0 atom stereocenters. The van der Waals surface area contributed by atoms with E-state index < -0.39 is 6.61 Å². The summed E-state index contributed by atoms with van der Waals surface area (Å²) in [4.78, 5) is 8.01. The van der Waals surface area contributed by atoms with Crippen LogP contribution in [0.4, 0.5) is 14.7 Å². The van der Waals surface area contributed by atoms with Crippen LogP contribution in [0, 0.1) is 0 Å². The molecule has 22 heavy (non-hydrogen) atoms. The van der Waals surface area contributed by atoms with Gasteiger partial charge in [-0.15, -0.1) is 11.6 Å². The third kappa shape index (κ3) is 6.12. The Bertz CT molecular complexity index is 431. The number of thioether (sulfide) groups is 1. The summed E-state index contributed by atoms with van der Waals surface area (Å²) in [5.74, 6) is 2.29. The molecule has 1 aromatic heterocycles. The number of halogens is 3. The molecular formula is C14H20ClF2N3OS. The first-order valence-electron chi connectivity index (χ1n) is 7.38. The first-order chi connectivity index (χ1) is 10.7. The molecule has 8 heteroatoms. The van der Waals surface area contributed by atoms with Crippen molar-refractivity contribution in [2.75, 3.05) is 16.9 Å². The van der Waals surface area contributed by atoms with Gasteiger partial charge in [-0.3, -0.25) is 0 Å². The number of anilines is 1. The molecule has 124 valence electrons. The second-order valence-corrected chi connectivity index (χ2v) is 6.94. The van der Waals surface area contributed by atoms with E-state index in [9.17, 15) is 8.78 Å². The van der Waals surface area contributed by atoms with Gasteiger partial charge in [0.05, 0.1) is 12.4 Å². The van der Waals surface area contributed by atoms with E-state index in [2.05, 4.69) is 20.0 Å². The molecule has 0 amide bonds. The van der Waals surface area contributed by atoms with Crippen molar-refractivity contribution in [1.29, 1.82) is 0 Å². The molecule has 0 bridgehead atoms. The first kappa shape index (κ1) is 17.5. The molecule has 0 spiro atoms. The highest BCUT2D eigenvalue weighted by Gasteiger charge is 2.21. The van der Waals surface area contributed by atoms with Crippen LogP contribution in [0.15, 0.2) is 12.4 Å². The predicted octanol–water partition coefficient (Wildman–Crippen LogP) is 4.16. The van der Waals surface area contributed by atoms with Gasteiger partial charge >= 0.3 is 6.61 Å². The minimum Gasteiger partial charge on any atom is -0.432 e. The second-order valence-electron chi connectivity index (χ2n) is 5.15. The number of aromatic nitrogens is 2. The van der Waals surface area contributed by atoms with Gasteiger partial charge in [0.25, 0.3) is 0 Å². The van der Waals surface area contributed by atoms with E-state index >= 15 is 0 Å². The highest BCUT2D eigenvalue weighted by Crippen LogP contribution is 2.30. The molecule has 1 aromatic rings. The number of alkyl halides is 3. The van der Waals surface area contributed by atoms with Crippen molar-refractivity contribution in [3.8, 4) is 5.75 Å². The molecule has 1 saturated carbocycles. The van der Waals surface area contributed by atoms with Crippen molar-refractivity contribution in [2.45, 2.75) is 50.0 Å². The number of nitrogens with zero attached hydrogens (tertiary/aromatic N) is 2. The van der Waals surface area contributed by atoms with Crippen molar-refractivity contribution in [3.63, 3.8) is 0 Å². The van der Waals surface area contributed by atoms with Gasteiger partial charge in [0, 0.05) is 17.2 Å². The average molecular weight is 352 g/mol. The summed E-state index contributed by atoms with van der Waals surface area (Å²) in [6.07, 6.45) is 8.04. The lowest BCUT2D eigenvalue weighted by Gasteiger charge is -2.28. The monoisotopic (exact) mass is 351 g/mol. The maximum atomic E-state index is 12.0. The standard InChI is InChI=1S/C14H20ClF2N3OS/c15-6-1-7-22-12-4-2-10(3-5-12)20-14-18-8-11(9-19-14)21-13(16)17/h8-10,12-13H,1-7H2,(H,18,19,20). The van der Waals surface area contributed by atoms with Gasteiger partial charge in [0.2, 0.25) is 5.95 Å². The summed E-state index contributed by atoms with van der Waals surface area (Å²) in [6, 6.07) is 0.340. The SMILES string of the molecule is FC(F)Oc1cnc(NC2CCC(SCCCCl)CC2)nc1. The van der Waals surface area contributed by atoms with Gasteiger partial charge < -0.3 is 10.1 Å². The predicted molar refractivity (Wildman–Crippen MR) is 86.1 cm³/mol. The summed E-state index contributed by atoms with van der Waals surface area (Å²) < 4.78 is 28.3. The Kier molecular flexibility index (Phi) is 7.45. The molecule has 0 saturated heterocycles. The van der Waals surface area contributed by atoms with E-state index in [0.717, 1.165) is 43.7 Å². The number of hydrogen-bond donors (Lipinski definition) is 1. The largest absolute Gasteiger partial charge is 0.432 e. The van der Waals surface area contributed by atoms with Gasteiger partial charge in [0.15, 0.2) is 5.75 Å². The van der Waals surface area contributed by atoms with Crippen molar-refractivity contribution in [2.24, 2.45) is 0 Å². The van der Waals surface area contributed by atoms with Crippen LogP contribution in [-0.2, 0) is 0 Å². The number of ether oxygens (including phenoxy) is 1. The van der Waals surface area contributed by atoms with Crippen LogP contribution >= 0.6 is 23.4 Å². The minimum atomic E-state index is -2.85. The molecule has 0 radical (unpaired) electrons. The Hall–Kier alpha value is -0.820. The quantitative estimate of drug-likeness (QED) is 0.562. The third-order valence-corrected chi connectivity index (χ3v) is 5.23. The van der Waals surface area contributed by atoms with Crippen LogP contribution in [-0.4, -0.2) is 39.5 Å². The highest BCUT2D eigenvalue weighted by atomic mass is 35.5. The van der Waals surface area contributed by atoms with Crippen LogP contribution in [0.25, 0.3) is 0 Å². The van der Waals surface area contributed by atoms with Gasteiger partial charge in [-0.05, 0) is 37.9 Å². The summed E-state index contributed by atoms with van der Waals surface area (Å²) in [7, 11) is 0. The molecule has 0 aliphatic heterocycles. The van der Waals surface area contributed by atoms with Gasteiger partial charge in [-0.2, -0.15) is 20.5 Å². The van der Waals surface area contributed by atoms with Crippen LogP contribution in [0.3, 0.4) is 0 Å². The Morgan fingerprint density at radius 2 is 1.95 bits per heavy atom. The van der Waals surface area contributed by atoms with E-state index in [1.807, 2.05) is 11.8 Å². The molecule has 2 rings (SSSR count). The lowest BCUT2D eigenvalue weighted by Crippen LogP contribution is -2.28. The zero-order valence-electron chi connectivity index (χ0n) is 12.2. The van der Waals surface area contributed by atoms with E-state index in [4.69, 9.17) is 11.6 Å². The molecule has 1 heterocycles. The van der Waals surface area contributed by atoms with E-state index in [-0.39, 0.29) is 5.75 Å². The average Bonchev–Trinajstić information content (AvgIpc) is 2.51. The molecule has 1 N–H and O–H groups in total. The fourth-order valence-corrected chi connectivity index (χ4v) is 3.96. The van der Waals surface area contributed by atoms with E-state index in [1.54, 1.807) is 0 Å². The molecule has 1 aliphatic carbocycles. The Morgan fingerprint density at radius 3 is 2.55 bits per heavy atom. The third-order valence-electron chi connectivity index (χ3n) is 3.49. The Morgan fingerprint density at radius 1 is 1.27 bits per heavy atom. The van der Waals surface area contributed by atoms with E-state index in [1.165, 1.54) is 12.4 Å². The first-order valence-corrected chi connectivity index (χ1v) is 8.96. The maximum absolute atomic E-state index is 12.0. The fourth-order valence-electron chi connectivity index (χ4n) is 2.42. The Balaban J connectivity index is 1.71. The molecule has 1 aliphatic rings. The summed E-state index contributed by atoms with van der Waals surface area (Å²) in [6.45, 7) is -2.85. The van der Waals surface area contributed by atoms with Crippen molar-refractivity contribution >= 4 is 29.3 Å². The normalized spacial score (nSPS) is 21.8. The van der Waals surface area contributed by atoms with Crippen molar-refractivity contribution in [3.05, 3.63) is 12.4 Å². The second kappa shape index (κ2) is 9.35. The molecular weight excluding hydrogens is 332 g/mol. The van der Waals surface area contributed by atoms with Gasteiger partial charge in [-0.1, -0.05) is 0 Å². The number of nitrogens with one attached hydrogen (secondary N) is 1. The topological polar surface area (TPSA) is 47.0 Å². The van der Waals surface area contributed by atoms with Gasteiger partial charge in [0.1, 0.15) is 0 Å². The molecule has 4 nitrogen and oxygen atoms in total. The van der Waals surface area contributed by atoms with Crippen molar-refractivity contribution < 1.29 is 13.5 Å². The lowest BCUT2D eigenvalue weighted by molar-refractivity contribution is -0.0503. The molecule has 0 aromatic carbocycles. The molecule has 0 unspecified atom stereocenters. The summed E-state index contributed by atoms with van der Waals surface area (Å²) >= 11 is 7.69. The van der Waals surface area contributed by atoms with E-state index in [0.29, 0.717) is 17.2 Å². The van der Waals surface area contributed by atoms with Crippen LogP contribution in [0.5, 0.6) is 5.75 Å². The Labute approximate surface area is 138 Å². The molecule has 1 fully saturated rings. The maximum Gasteiger partial charge on any atom is 0.387 e. The fraction of sp³-hybridized carbons (Fsp3) is 0.714. The summed E-state index contributed by atoms with van der Waals surface area (Å²) in [5, 5.41) is 3.97. The smallest absolute Gasteiger partial charge is 0.387 e. The van der Waals surface area contributed by atoms with Crippen LogP contribution in [0.1, 0.15) is 32.1 Å². The minimum absolute atomic E-state index is 0.0278. The van der Waals surface area contributed by atoms with Crippen molar-refractivity contribution in [1.82, 2.24) is 9.97 Å². The van der Waals surface area contributed by atoms with Gasteiger partial charge in [-0.25, -0.2) is 9.97 Å². The van der Waals surface area contributed by atoms with Crippen LogP contribution < -0.4 is 10.1 Å². The van der Waals surface area contributed by atoms with Crippen LogP contribution in [0.2, 0.25) is 0 Å². The number of rotatable bonds is 8. The zero-order chi connectivity index (χ0) is 15.8. The summed E-state index contributed by atoms with van der Waals surface area (Å²) in [5.41, 5.74) is 0. The lowest BCUT2D eigenvalue weighted by atomic mass is 9.95.